The van der Waals surface area contributed by atoms with E-state index < -0.39 is 0 Å². The van der Waals surface area contributed by atoms with Gasteiger partial charge >= 0.3 is 5.97 Å². The van der Waals surface area contributed by atoms with Crippen molar-refractivity contribution in [2.45, 2.75) is 83.9 Å². The average molecular weight is 453 g/mol. The first-order valence-corrected chi connectivity index (χ1v) is 13.1. The van der Waals surface area contributed by atoms with Crippen LogP contribution in [0.25, 0.3) is 10.9 Å². The van der Waals surface area contributed by atoms with Gasteiger partial charge in [0.1, 0.15) is 0 Å². The Morgan fingerprint density at radius 1 is 1.27 bits per heavy atom. The number of benzene rings is 1. The molecule has 2 aromatic rings. The molecule has 0 saturated carbocycles. The predicted molar refractivity (Wildman–Crippen MR) is 132 cm³/mol. The van der Waals surface area contributed by atoms with Gasteiger partial charge in [-0.3, -0.25) is 9.69 Å². The first-order chi connectivity index (χ1) is 16.0. The molecule has 5 nitrogen and oxygen atoms in total. The second-order valence-electron chi connectivity index (χ2n) is 10.9. The van der Waals surface area contributed by atoms with Crippen LogP contribution in [0.3, 0.4) is 0 Å². The van der Waals surface area contributed by atoms with Crippen LogP contribution >= 0.6 is 0 Å². The van der Waals surface area contributed by atoms with Gasteiger partial charge in [-0.05, 0) is 69.7 Å². The molecule has 5 rings (SSSR count). The minimum absolute atomic E-state index is 0.0166. The van der Waals surface area contributed by atoms with E-state index in [4.69, 9.17) is 9.47 Å². The van der Waals surface area contributed by atoms with Crippen LogP contribution in [0, 0.1) is 11.8 Å². The van der Waals surface area contributed by atoms with Crippen LogP contribution in [-0.2, 0) is 20.7 Å². The van der Waals surface area contributed by atoms with Crippen LogP contribution in [0.4, 0.5) is 0 Å². The maximum Gasteiger partial charge on any atom is 0.310 e. The highest BCUT2D eigenvalue weighted by Crippen LogP contribution is 2.46. The summed E-state index contributed by atoms with van der Waals surface area (Å²) in [6.07, 6.45) is 7.89. The van der Waals surface area contributed by atoms with Crippen LogP contribution in [-0.4, -0.2) is 53.9 Å². The van der Waals surface area contributed by atoms with Gasteiger partial charge in [0.25, 0.3) is 0 Å². The minimum Gasteiger partial charge on any atom is -0.465 e. The Morgan fingerprint density at radius 2 is 2.12 bits per heavy atom. The van der Waals surface area contributed by atoms with Gasteiger partial charge in [-0.2, -0.15) is 0 Å². The Kier molecular flexibility index (Phi) is 6.54. The van der Waals surface area contributed by atoms with Gasteiger partial charge in [-0.1, -0.05) is 26.0 Å². The fourth-order valence-electron chi connectivity index (χ4n) is 6.56. The van der Waals surface area contributed by atoms with Crippen molar-refractivity contribution in [3.05, 3.63) is 35.5 Å². The normalized spacial score (nSPS) is 28.3. The van der Waals surface area contributed by atoms with E-state index in [2.05, 4.69) is 61.6 Å². The van der Waals surface area contributed by atoms with Crippen molar-refractivity contribution in [2.24, 2.45) is 11.8 Å². The zero-order valence-electron chi connectivity index (χ0n) is 20.8. The van der Waals surface area contributed by atoms with Gasteiger partial charge in [0, 0.05) is 54.2 Å². The highest BCUT2D eigenvalue weighted by atomic mass is 16.5. The van der Waals surface area contributed by atoms with Crippen LogP contribution in [0.2, 0.25) is 0 Å². The lowest BCUT2D eigenvalue weighted by atomic mass is 9.72. The Hall–Kier alpha value is -1.85. The molecule has 0 amide bonds. The number of hydrogen-bond donors (Lipinski definition) is 0. The van der Waals surface area contributed by atoms with Crippen LogP contribution < -0.4 is 0 Å². The fraction of sp³-hybridized carbons (Fsp3) is 0.679. The second-order valence-corrected chi connectivity index (χ2v) is 10.9. The number of carbonyl (C=O) groups excluding carboxylic acids is 1. The monoisotopic (exact) mass is 452 g/mol. The summed E-state index contributed by atoms with van der Waals surface area (Å²) in [5.74, 6) is 0.578. The van der Waals surface area contributed by atoms with Gasteiger partial charge in [0.2, 0.25) is 0 Å². The highest BCUT2D eigenvalue weighted by Gasteiger charge is 2.43. The van der Waals surface area contributed by atoms with Crippen molar-refractivity contribution < 1.29 is 14.3 Å². The molecule has 0 bridgehead atoms. The highest BCUT2D eigenvalue weighted by molar-refractivity contribution is 5.89. The molecule has 180 valence electrons. The maximum absolute atomic E-state index is 13.2. The average Bonchev–Trinajstić information content (AvgIpc) is 3.47. The van der Waals surface area contributed by atoms with Gasteiger partial charge in [-0.25, -0.2) is 0 Å². The molecule has 2 fully saturated rings. The second kappa shape index (κ2) is 9.42. The minimum atomic E-state index is -0.0570. The molecule has 0 spiro atoms. The van der Waals surface area contributed by atoms with Crippen molar-refractivity contribution in [1.29, 1.82) is 0 Å². The summed E-state index contributed by atoms with van der Waals surface area (Å²) in [7, 11) is 0. The molecule has 5 heteroatoms. The summed E-state index contributed by atoms with van der Waals surface area (Å²) in [6.45, 7) is 12.1. The quantitative estimate of drug-likeness (QED) is 0.533. The number of likely N-dealkylation sites (tertiary alicyclic amines) is 1. The van der Waals surface area contributed by atoms with E-state index in [1.165, 1.54) is 22.0 Å². The number of rotatable bonds is 7. The van der Waals surface area contributed by atoms with Gasteiger partial charge in [-0.15, -0.1) is 0 Å². The number of fused-ring (bicyclic) bond motifs is 2. The summed E-state index contributed by atoms with van der Waals surface area (Å²) in [6, 6.07) is 7.69. The largest absolute Gasteiger partial charge is 0.465 e. The molecule has 2 aliphatic heterocycles. The third-order valence-electron chi connectivity index (χ3n) is 8.21. The summed E-state index contributed by atoms with van der Waals surface area (Å²) in [4.78, 5) is 15.8. The SMILES string of the molecule is CCCN1C[C@H](C(=O)OCC(C)C2CCCO2)C[C@@H]2c3cccc4c3c(cn4C(C)C)C[C@H]21. The van der Waals surface area contributed by atoms with E-state index >= 15 is 0 Å². The predicted octanol–water partition coefficient (Wildman–Crippen LogP) is 5.32. The Morgan fingerprint density at radius 3 is 2.85 bits per heavy atom. The maximum atomic E-state index is 13.2. The molecule has 3 aliphatic rings. The lowest BCUT2D eigenvalue weighted by Gasteiger charge is -2.46. The molecule has 1 aromatic carbocycles. The number of aromatic nitrogens is 1. The Balaban J connectivity index is 1.38. The zero-order valence-corrected chi connectivity index (χ0v) is 20.8. The summed E-state index contributed by atoms with van der Waals surface area (Å²) >= 11 is 0. The molecular formula is C28H40N2O3. The van der Waals surface area contributed by atoms with Crippen molar-refractivity contribution in [1.82, 2.24) is 9.47 Å². The topological polar surface area (TPSA) is 43.7 Å². The van der Waals surface area contributed by atoms with Crippen molar-refractivity contribution >= 4 is 16.9 Å². The first-order valence-electron chi connectivity index (χ1n) is 13.1. The number of piperidine rings is 1. The van der Waals surface area contributed by atoms with E-state index in [9.17, 15) is 4.79 Å². The Bertz CT molecular complexity index is 990. The third-order valence-corrected chi connectivity index (χ3v) is 8.21. The molecule has 2 unspecified atom stereocenters. The van der Waals surface area contributed by atoms with E-state index in [0.717, 1.165) is 51.8 Å². The standard InChI is InChI=1S/C28H40N2O3/c1-5-11-29-15-21(28(31)33-17-19(4)26-10-7-12-32-26)13-23-22-8-6-9-24-27(22)20(14-25(23)29)16-30(24)18(2)3/h6,8-9,16,18-19,21,23,25-26H,5,7,10-15,17H2,1-4H3/t19?,21-,23-,25-,26?/m1/s1. The molecule has 0 N–H and O–H groups in total. The van der Waals surface area contributed by atoms with E-state index in [1.807, 2.05) is 0 Å². The summed E-state index contributed by atoms with van der Waals surface area (Å²) < 4.78 is 14.1. The lowest BCUT2D eigenvalue weighted by Crippen LogP contribution is -2.52. The van der Waals surface area contributed by atoms with E-state index in [1.54, 1.807) is 0 Å². The number of esters is 1. The van der Waals surface area contributed by atoms with Crippen molar-refractivity contribution in [3.8, 4) is 0 Å². The lowest BCUT2D eigenvalue weighted by molar-refractivity contribution is -0.154. The molecule has 33 heavy (non-hydrogen) atoms. The number of hydrogen-bond acceptors (Lipinski definition) is 4. The summed E-state index contributed by atoms with van der Waals surface area (Å²) in [5.41, 5.74) is 4.25. The third kappa shape index (κ3) is 4.23. The van der Waals surface area contributed by atoms with E-state index in [-0.39, 0.29) is 23.9 Å². The van der Waals surface area contributed by atoms with Gasteiger partial charge < -0.3 is 14.0 Å². The van der Waals surface area contributed by atoms with Crippen molar-refractivity contribution in [3.63, 3.8) is 0 Å². The van der Waals surface area contributed by atoms with Crippen LogP contribution in [0.15, 0.2) is 24.4 Å². The number of ether oxygens (including phenoxy) is 2. The molecule has 1 aliphatic carbocycles. The van der Waals surface area contributed by atoms with E-state index in [0.29, 0.717) is 24.6 Å². The summed E-state index contributed by atoms with van der Waals surface area (Å²) in [5, 5.41) is 1.44. The molecule has 2 saturated heterocycles. The first kappa shape index (κ1) is 22.9. The zero-order chi connectivity index (χ0) is 23.1. The Labute approximate surface area is 198 Å². The van der Waals surface area contributed by atoms with Crippen molar-refractivity contribution in [2.75, 3.05) is 26.3 Å². The van der Waals surface area contributed by atoms with Gasteiger partial charge in [0.15, 0.2) is 0 Å². The number of nitrogens with zero attached hydrogens (tertiary/aromatic N) is 2. The molecule has 3 heterocycles. The van der Waals surface area contributed by atoms with Gasteiger partial charge in [0.05, 0.1) is 18.6 Å². The molecule has 1 aromatic heterocycles. The number of carbonyl (C=O) groups is 1. The molecule has 0 radical (unpaired) electrons. The van der Waals surface area contributed by atoms with Crippen LogP contribution in [0.1, 0.15) is 76.5 Å². The van der Waals surface area contributed by atoms with Crippen LogP contribution in [0.5, 0.6) is 0 Å². The smallest absolute Gasteiger partial charge is 0.310 e. The molecular weight excluding hydrogens is 412 g/mol. The fourth-order valence-corrected chi connectivity index (χ4v) is 6.56. The molecule has 5 atom stereocenters.